The van der Waals surface area contributed by atoms with Crippen molar-refractivity contribution >= 4 is 11.7 Å². The molecule has 2 aromatic carbocycles. The Labute approximate surface area is 180 Å². The molecule has 3 aromatic rings. The molecule has 31 heavy (non-hydrogen) atoms. The molecule has 0 atom stereocenters. The number of hydrogen-bond acceptors (Lipinski definition) is 4. The van der Waals surface area contributed by atoms with Crippen LogP contribution in [0.3, 0.4) is 0 Å². The zero-order valence-electron chi connectivity index (χ0n) is 17.1. The molecule has 1 heterocycles. The van der Waals surface area contributed by atoms with Gasteiger partial charge in [-0.15, -0.1) is 0 Å². The molecule has 0 aliphatic heterocycles. The number of rotatable bonds is 8. The number of halogens is 1. The van der Waals surface area contributed by atoms with Gasteiger partial charge in [-0.05, 0) is 61.1 Å². The molecule has 4 rings (SSSR count). The van der Waals surface area contributed by atoms with E-state index in [4.69, 9.17) is 0 Å². The Balaban J connectivity index is 1.58. The third-order valence-electron chi connectivity index (χ3n) is 5.31. The van der Waals surface area contributed by atoms with Crippen LogP contribution in [-0.4, -0.2) is 24.0 Å². The zero-order valence-corrected chi connectivity index (χ0v) is 17.1. The van der Waals surface area contributed by atoms with E-state index in [9.17, 15) is 14.4 Å². The Kier molecular flexibility index (Phi) is 6.23. The van der Waals surface area contributed by atoms with Crippen molar-refractivity contribution in [2.45, 2.75) is 19.3 Å². The van der Waals surface area contributed by atoms with Gasteiger partial charge < -0.3 is 10.6 Å². The van der Waals surface area contributed by atoms with Crippen molar-refractivity contribution in [2.24, 2.45) is 5.92 Å². The van der Waals surface area contributed by atoms with E-state index in [2.05, 4.69) is 21.7 Å². The standard InChI is InChI=1S/C25H23FN4O/c26-20-6-3-4-17(14-20)12-13-28-24-22(25(31)29-16-18-8-9-18)10-11-23(30-24)21-7-2-1-5-19(21)15-27/h1-7,10-11,14,18H,8-9,12-13,16H2,(H,28,30)(H,29,31). The van der Waals surface area contributed by atoms with Crippen LogP contribution in [0.4, 0.5) is 10.2 Å². The van der Waals surface area contributed by atoms with E-state index in [1.807, 2.05) is 18.2 Å². The van der Waals surface area contributed by atoms with Gasteiger partial charge >= 0.3 is 0 Å². The number of anilines is 1. The molecule has 5 nitrogen and oxygen atoms in total. The molecule has 0 bridgehead atoms. The first kappa shape index (κ1) is 20.5. The summed E-state index contributed by atoms with van der Waals surface area (Å²) in [5.41, 5.74) is 3.16. The highest BCUT2D eigenvalue weighted by Crippen LogP contribution is 2.28. The van der Waals surface area contributed by atoms with E-state index in [1.165, 1.54) is 12.1 Å². The van der Waals surface area contributed by atoms with Crippen LogP contribution in [0.1, 0.15) is 34.3 Å². The van der Waals surface area contributed by atoms with E-state index in [0.29, 0.717) is 53.6 Å². The lowest BCUT2D eigenvalue weighted by Crippen LogP contribution is -2.27. The maximum Gasteiger partial charge on any atom is 0.255 e. The highest BCUT2D eigenvalue weighted by atomic mass is 19.1. The van der Waals surface area contributed by atoms with Crippen LogP contribution < -0.4 is 10.6 Å². The molecule has 0 spiro atoms. The predicted octanol–water partition coefficient (Wildman–Crippen LogP) is 4.55. The fraction of sp³-hybridized carbons (Fsp3) is 0.240. The number of nitrogens with one attached hydrogen (secondary N) is 2. The molecular formula is C25H23FN4O. The van der Waals surface area contributed by atoms with Crippen molar-refractivity contribution in [3.8, 4) is 17.3 Å². The summed E-state index contributed by atoms with van der Waals surface area (Å²) in [6.45, 7) is 1.16. The molecular weight excluding hydrogens is 391 g/mol. The summed E-state index contributed by atoms with van der Waals surface area (Å²) < 4.78 is 13.4. The van der Waals surface area contributed by atoms with Gasteiger partial charge in [0.05, 0.1) is 22.9 Å². The van der Waals surface area contributed by atoms with E-state index in [1.54, 1.807) is 30.3 Å². The molecule has 156 valence electrons. The summed E-state index contributed by atoms with van der Waals surface area (Å²) in [5.74, 6) is 0.580. The zero-order chi connectivity index (χ0) is 21.6. The maximum absolute atomic E-state index is 13.4. The minimum Gasteiger partial charge on any atom is -0.369 e. The number of carbonyl (C=O) groups excluding carboxylic acids is 1. The summed E-state index contributed by atoms with van der Waals surface area (Å²) in [6, 6.07) is 19.4. The van der Waals surface area contributed by atoms with Crippen molar-refractivity contribution in [3.63, 3.8) is 0 Å². The minimum atomic E-state index is -0.272. The Morgan fingerprint density at radius 3 is 2.74 bits per heavy atom. The van der Waals surface area contributed by atoms with E-state index in [-0.39, 0.29) is 11.7 Å². The summed E-state index contributed by atoms with van der Waals surface area (Å²) in [7, 11) is 0. The maximum atomic E-state index is 13.4. The molecule has 1 saturated carbocycles. The number of benzene rings is 2. The van der Waals surface area contributed by atoms with Crippen molar-refractivity contribution < 1.29 is 9.18 Å². The van der Waals surface area contributed by atoms with Crippen LogP contribution in [0.2, 0.25) is 0 Å². The van der Waals surface area contributed by atoms with Crippen LogP contribution in [0, 0.1) is 23.1 Å². The van der Waals surface area contributed by atoms with Crippen LogP contribution in [0.5, 0.6) is 0 Å². The summed E-state index contributed by atoms with van der Waals surface area (Å²) in [6.07, 6.45) is 2.89. The van der Waals surface area contributed by atoms with Gasteiger partial charge in [-0.2, -0.15) is 5.26 Å². The second kappa shape index (κ2) is 9.40. The molecule has 1 fully saturated rings. The van der Waals surface area contributed by atoms with Gasteiger partial charge in [-0.1, -0.05) is 30.3 Å². The first-order chi connectivity index (χ1) is 15.1. The highest BCUT2D eigenvalue weighted by molar-refractivity contribution is 5.99. The Morgan fingerprint density at radius 1 is 1.13 bits per heavy atom. The average molecular weight is 414 g/mol. The van der Waals surface area contributed by atoms with Gasteiger partial charge in [0.2, 0.25) is 0 Å². The number of aromatic nitrogens is 1. The highest BCUT2D eigenvalue weighted by Gasteiger charge is 2.23. The van der Waals surface area contributed by atoms with Gasteiger partial charge in [0.1, 0.15) is 11.6 Å². The van der Waals surface area contributed by atoms with Gasteiger partial charge in [0.25, 0.3) is 5.91 Å². The largest absolute Gasteiger partial charge is 0.369 e. The third kappa shape index (κ3) is 5.26. The molecule has 0 saturated heterocycles. The topological polar surface area (TPSA) is 77.8 Å². The summed E-state index contributed by atoms with van der Waals surface area (Å²) >= 11 is 0. The fourth-order valence-electron chi connectivity index (χ4n) is 3.40. The van der Waals surface area contributed by atoms with Crippen molar-refractivity contribution in [2.75, 3.05) is 18.4 Å². The molecule has 1 aromatic heterocycles. The second-order valence-corrected chi connectivity index (χ2v) is 7.71. The Bertz CT molecular complexity index is 1130. The van der Waals surface area contributed by atoms with E-state index in [0.717, 1.165) is 18.4 Å². The Morgan fingerprint density at radius 2 is 1.97 bits per heavy atom. The number of amides is 1. The molecule has 1 amide bonds. The molecule has 2 N–H and O–H groups in total. The first-order valence-corrected chi connectivity index (χ1v) is 10.4. The average Bonchev–Trinajstić information content (AvgIpc) is 3.62. The van der Waals surface area contributed by atoms with Crippen LogP contribution in [0.25, 0.3) is 11.3 Å². The number of pyridine rings is 1. The number of nitriles is 1. The summed E-state index contributed by atoms with van der Waals surface area (Å²) in [4.78, 5) is 17.4. The second-order valence-electron chi connectivity index (χ2n) is 7.71. The molecule has 0 unspecified atom stereocenters. The molecule has 1 aliphatic carbocycles. The van der Waals surface area contributed by atoms with Gasteiger partial charge in [0, 0.05) is 18.7 Å². The van der Waals surface area contributed by atoms with Gasteiger partial charge in [-0.25, -0.2) is 9.37 Å². The Hall–Kier alpha value is -3.72. The van der Waals surface area contributed by atoms with E-state index >= 15 is 0 Å². The predicted molar refractivity (Wildman–Crippen MR) is 118 cm³/mol. The quantitative estimate of drug-likeness (QED) is 0.567. The van der Waals surface area contributed by atoms with Crippen molar-refractivity contribution in [1.82, 2.24) is 10.3 Å². The molecule has 6 heteroatoms. The smallest absolute Gasteiger partial charge is 0.255 e. The SMILES string of the molecule is N#Cc1ccccc1-c1ccc(C(=O)NCC2CC2)c(NCCc2cccc(F)c2)n1. The summed E-state index contributed by atoms with van der Waals surface area (Å²) in [5, 5.41) is 15.6. The van der Waals surface area contributed by atoms with Crippen LogP contribution in [-0.2, 0) is 6.42 Å². The van der Waals surface area contributed by atoms with Crippen LogP contribution >= 0.6 is 0 Å². The van der Waals surface area contributed by atoms with Crippen molar-refractivity contribution in [3.05, 3.63) is 83.2 Å². The number of hydrogen-bond donors (Lipinski definition) is 2. The fourth-order valence-corrected chi connectivity index (χ4v) is 3.40. The lowest BCUT2D eigenvalue weighted by Gasteiger charge is -2.14. The minimum absolute atomic E-state index is 0.173. The van der Waals surface area contributed by atoms with E-state index < -0.39 is 0 Å². The third-order valence-corrected chi connectivity index (χ3v) is 5.31. The number of nitrogens with zero attached hydrogens (tertiary/aromatic N) is 2. The number of carbonyl (C=O) groups is 1. The monoisotopic (exact) mass is 414 g/mol. The lowest BCUT2D eigenvalue weighted by molar-refractivity contribution is 0.0952. The van der Waals surface area contributed by atoms with Crippen LogP contribution in [0.15, 0.2) is 60.7 Å². The first-order valence-electron chi connectivity index (χ1n) is 10.4. The van der Waals surface area contributed by atoms with Crippen molar-refractivity contribution in [1.29, 1.82) is 5.26 Å². The lowest BCUT2D eigenvalue weighted by atomic mass is 10.0. The normalized spacial score (nSPS) is 12.8. The van der Waals surface area contributed by atoms with Gasteiger partial charge in [-0.3, -0.25) is 4.79 Å². The van der Waals surface area contributed by atoms with Gasteiger partial charge in [0.15, 0.2) is 0 Å². The molecule has 0 radical (unpaired) electrons. The molecule has 1 aliphatic rings.